The standard InChI is InChI=1S/C15H21NO/c1-11-4-6-16(7-5-11)15(17)14-9-12(2)8-13(3)10-14/h8-11H,4-7H2,1-3H3. The maximum atomic E-state index is 12.3. The molecule has 1 heterocycles. The van der Waals surface area contributed by atoms with Gasteiger partial charge in [-0.1, -0.05) is 24.1 Å². The second-order valence-corrected chi connectivity index (χ2v) is 5.35. The van der Waals surface area contributed by atoms with Gasteiger partial charge in [0.05, 0.1) is 0 Å². The van der Waals surface area contributed by atoms with Crippen LogP contribution >= 0.6 is 0 Å². The zero-order valence-electron chi connectivity index (χ0n) is 11.0. The average Bonchev–Trinajstić information content (AvgIpc) is 2.28. The second-order valence-electron chi connectivity index (χ2n) is 5.35. The molecule has 0 radical (unpaired) electrons. The minimum atomic E-state index is 0.198. The molecular formula is C15H21NO. The van der Waals surface area contributed by atoms with Crippen molar-refractivity contribution in [3.63, 3.8) is 0 Å². The first kappa shape index (κ1) is 12.2. The number of amides is 1. The summed E-state index contributed by atoms with van der Waals surface area (Å²) in [5.74, 6) is 0.960. The van der Waals surface area contributed by atoms with E-state index in [0.717, 1.165) is 37.4 Å². The van der Waals surface area contributed by atoms with Crippen LogP contribution in [-0.4, -0.2) is 23.9 Å². The van der Waals surface area contributed by atoms with Crippen LogP contribution in [0.5, 0.6) is 0 Å². The van der Waals surface area contributed by atoms with Gasteiger partial charge in [-0.15, -0.1) is 0 Å². The number of carbonyl (C=O) groups is 1. The van der Waals surface area contributed by atoms with Crippen molar-refractivity contribution < 1.29 is 4.79 Å². The summed E-state index contributed by atoms with van der Waals surface area (Å²) in [6.07, 6.45) is 2.27. The SMILES string of the molecule is Cc1cc(C)cc(C(=O)N2CCC(C)CC2)c1. The lowest BCUT2D eigenvalue weighted by molar-refractivity contribution is 0.0697. The molecule has 1 saturated heterocycles. The van der Waals surface area contributed by atoms with Crippen molar-refractivity contribution in [2.24, 2.45) is 5.92 Å². The van der Waals surface area contributed by atoms with Gasteiger partial charge < -0.3 is 4.90 Å². The first-order valence-corrected chi connectivity index (χ1v) is 6.44. The van der Waals surface area contributed by atoms with Gasteiger partial charge in [-0.3, -0.25) is 4.79 Å². The molecule has 2 nitrogen and oxygen atoms in total. The fraction of sp³-hybridized carbons (Fsp3) is 0.533. The Morgan fingerprint density at radius 1 is 1.12 bits per heavy atom. The Kier molecular flexibility index (Phi) is 3.51. The Morgan fingerprint density at radius 2 is 1.65 bits per heavy atom. The first-order chi connectivity index (χ1) is 8.06. The van der Waals surface area contributed by atoms with E-state index in [0.29, 0.717) is 0 Å². The number of rotatable bonds is 1. The molecule has 0 bridgehead atoms. The Balaban J connectivity index is 2.14. The van der Waals surface area contributed by atoms with Gasteiger partial charge in [0.25, 0.3) is 5.91 Å². The molecule has 92 valence electrons. The number of nitrogens with zero attached hydrogens (tertiary/aromatic N) is 1. The summed E-state index contributed by atoms with van der Waals surface area (Å²) in [5, 5.41) is 0. The van der Waals surface area contributed by atoms with Crippen molar-refractivity contribution >= 4 is 5.91 Å². The van der Waals surface area contributed by atoms with E-state index in [-0.39, 0.29) is 5.91 Å². The quantitative estimate of drug-likeness (QED) is 0.727. The van der Waals surface area contributed by atoms with Gasteiger partial charge in [-0.2, -0.15) is 0 Å². The molecule has 0 saturated carbocycles. The van der Waals surface area contributed by atoms with Crippen molar-refractivity contribution in [1.82, 2.24) is 4.90 Å². The molecule has 1 aromatic carbocycles. The van der Waals surface area contributed by atoms with Crippen LogP contribution in [0, 0.1) is 19.8 Å². The monoisotopic (exact) mass is 231 g/mol. The average molecular weight is 231 g/mol. The van der Waals surface area contributed by atoms with Crippen LogP contribution in [0.3, 0.4) is 0 Å². The highest BCUT2D eigenvalue weighted by Crippen LogP contribution is 2.19. The molecule has 0 atom stereocenters. The summed E-state index contributed by atoms with van der Waals surface area (Å²) in [7, 11) is 0. The van der Waals surface area contributed by atoms with Gasteiger partial charge in [-0.05, 0) is 44.7 Å². The highest BCUT2D eigenvalue weighted by Gasteiger charge is 2.21. The zero-order valence-corrected chi connectivity index (χ0v) is 11.0. The Labute approximate surface area is 104 Å². The summed E-state index contributed by atoms with van der Waals surface area (Å²) >= 11 is 0. The molecule has 1 aliphatic rings. The topological polar surface area (TPSA) is 20.3 Å². The lowest BCUT2D eigenvalue weighted by Crippen LogP contribution is -2.37. The Bertz CT molecular complexity index is 397. The maximum absolute atomic E-state index is 12.3. The van der Waals surface area contributed by atoms with Gasteiger partial charge in [0.2, 0.25) is 0 Å². The van der Waals surface area contributed by atoms with Crippen LogP contribution in [0.1, 0.15) is 41.3 Å². The number of carbonyl (C=O) groups excluding carboxylic acids is 1. The molecule has 0 spiro atoms. The summed E-state index contributed by atoms with van der Waals surface area (Å²) in [6, 6.07) is 6.09. The fourth-order valence-corrected chi connectivity index (χ4v) is 2.49. The second kappa shape index (κ2) is 4.91. The number of hydrogen-bond donors (Lipinski definition) is 0. The Hall–Kier alpha value is -1.31. The van der Waals surface area contributed by atoms with Crippen LogP contribution in [0.2, 0.25) is 0 Å². The molecule has 1 fully saturated rings. The van der Waals surface area contributed by atoms with E-state index >= 15 is 0 Å². The number of likely N-dealkylation sites (tertiary alicyclic amines) is 1. The molecule has 1 aromatic rings. The summed E-state index contributed by atoms with van der Waals surface area (Å²) in [4.78, 5) is 14.3. The van der Waals surface area contributed by atoms with E-state index in [4.69, 9.17) is 0 Å². The third-order valence-electron chi connectivity index (χ3n) is 3.54. The normalized spacial score (nSPS) is 17.2. The van der Waals surface area contributed by atoms with E-state index in [9.17, 15) is 4.79 Å². The van der Waals surface area contributed by atoms with Gasteiger partial charge in [0.15, 0.2) is 0 Å². The highest BCUT2D eigenvalue weighted by molar-refractivity contribution is 5.94. The smallest absolute Gasteiger partial charge is 0.253 e. The van der Waals surface area contributed by atoms with Crippen molar-refractivity contribution in [3.05, 3.63) is 34.9 Å². The summed E-state index contributed by atoms with van der Waals surface area (Å²) in [6.45, 7) is 8.17. The zero-order chi connectivity index (χ0) is 12.4. The van der Waals surface area contributed by atoms with Gasteiger partial charge in [0.1, 0.15) is 0 Å². The molecule has 1 aliphatic heterocycles. The summed E-state index contributed by atoms with van der Waals surface area (Å²) in [5.41, 5.74) is 3.18. The molecule has 17 heavy (non-hydrogen) atoms. The molecule has 0 aromatic heterocycles. The molecule has 0 aliphatic carbocycles. The van der Waals surface area contributed by atoms with Crippen LogP contribution in [0.4, 0.5) is 0 Å². The van der Waals surface area contributed by atoms with Crippen molar-refractivity contribution in [2.75, 3.05) is 13.1 Å². The molecule has 0 N–H and O–H groups in total. The first-order valence-electron chi connectivity index (χ1n) is 6.44. The minimum absolute atomic E-state index is 0.198. The number of piperidine rings is 1. The lowest BCUT2D eigenvalue weighted by Gasteiger charge is -2.30. The number of hydrogen-bond acceptors (Lipinski definition) is 1. The van der Waals surface area contributed by atoms with E-state index in [1.807, 2.05) is 30.9 Å². The van der Waals surface area contributed by atoms with Gasteiger partial charge in [-0.25, -0.2) is 0 Å². The number of aryl methyl sites for hydroxylation is 2. The molecule has 0 unspecified atom stereocenters. The van der Waals surface area contributed by atoms with Crippen LogP contribution in [-0.2, 0) is 0 Å². The third kappa shape index (κ3) is 2.87. The van der Waals surface area contributed by atoms with E-state index < -0.39 is 0 Å². The molecule has 2 rings (SSSR count). The lowest BCUT2D eigenvalue weighted by atomic mass is 9.98. The van der Waals surface area contributed by atoms with E-state index in [1.165, 1.54) is 11.1 Å². The van der Waals surface area contributed by atoms with Crippen LogP contribution in [0.25, 0.3) is 0 Å². The Morgan fingerprint density at radius 3 is 2.18 bits per heavy atom. The van der Waals surface area contributed by atoms with Crippen LogP contribution in [0.15, 0.2) is 18.2 Å². The number of benzene rings is 1. The van der Waals surface area contributed by atoms with Crippen molar-refractivity contribution in [1.29, 1.82) is 0 Å². The van der Waals surface area contributed by atoms with Crippen LogP contribution < -0.4 is 0 Å². The fourth-order valence-electron chi connectivity index (χ4n) is 2.49. The van der Waals surface area contributed by atoms with E-state index in [1.54, 1.807) is 0 Å². The molecular weight excluding hydrogens is 210 g/mol. The molecule has 2 heteroatoms. The highest BCUT2D eigenvalue weighted by atomic mass is 16.2. The maximum Gasteiger partial charge on any atom is 0.253 e. The predicted octanol–water partition coefficient (Wildman–Crippen LogP) is 3.18. The van der Waals surface area contributed by atoms with Crippen molar-refractivity contribution in [3.8, 4) is 0 Å². The summed E-state index contributed by atoms with van der Waals surface area (Å²) < 4.78 is 0. The van der Waals surface area contributed by atoms with Crippen molar-refractivity contribution in [2.45, 2.75) is 33.6 Å². The third-order valence-corrected chi connectivity index (χ3v) is 3.54. The van der Waals surface area contributed by atoms with Gasteiger partial charge >= 0.3 is 0 Å². The minimum Gasteiger partial charge on any atom is -0.339 e. The molecule has 1 amide bonds. The largest absolute Gasteiger partial charge is 0.339 e. The van der Waals surface area contributed by atoms with E-state index in [2.05, 4.69) is 13.0 Å². The predicted molar refractivity (Wildman–Crippen MR) is 70.2 cm³/mol. The van der Waals surface area contributed by atoms with Gasteiger partial charge in [0, 0.05) is 18.7 Å².